The monoisotopic (exact) mass is 385 g/mol. The molecular formula is C21H24FN3OS. The number of nitrogens with zero attached hydrogens (tertiary/aromatic N) is 2. The van der Waals surface area contributed by atoms with Crippen LogP contribution in [0.4, 0.5) is 4.39 Å². The highest BCUT2D eigenvalue weighted by atomic mass is 32.1. The van der Waals surface area contributed by atoms with Gasteiger partial charge in [-0.15, -0.1) is 11.3 Å². The van der Waals surface area contributed by atoms with E-state index in [1.165, 1.54) is 22.6 Å². The molecule has 2 aromatic heterocycles. The summed E-state index contributed by atoms with van der Waals surface area (Å²) >= 11 is 1.67. The second-order valence-corrected chi connectivity index (χ2v) is 8.79. The van der Waals surface area contributed by atoms with Gasteiger partial charge in [0.05, 0.1) is 11.4 Å². The molecule has 1 N–H and O–H groups in total. The summed E-state index contributed by atoms with van der Waals surface area (Å²) in [6.45, 7) is 4.86. The van der Waals surface area contributed by atoms with E-state index in [4.69, 9.17) is 4.98 Å². The van der Waals surface area contributed by atoms with Gasteiger partial charge in [-0.2, -0.15) is 0 Å². The SMILES string of the molecule is C[C@@H]1CCc2c(sc3nc([C@@H](C)N(C)Cc4cccc(F)c4)[nH]c(=O)c23)C1. The van der Waals surface area contributed by atoms with Crippen molar-refractivity contribution in [3.8, 4) is 0 Å². The second kappa shape index (κ2) is 7.17. The topological polar surface area (TPSA) is 49.0 Å². The molecule has 0 unspecified atom stereocenters. The third-order valence-electron chi connectivity index (χ3n) is 5.56. The fourth-order valence-electron chi connectivity index (χ4n) is 3.83. The van der Waals surface area contributed by atoms with Gasteiger partial charge >= 0.3 is 0 Å². The number of thiophene rings is 1. The number of H-pyrrole nitrogens is 1. The first-order chi connectivity index (χ1) is 12.9. The van der Waals surface area contributed by atoms with E-state index in [-0.39, 0.29) is 17.4 Å². The predicted octanol–water partition coefficient (Wildman–Crippen LogP) is 4.44. The molecule has 2 atom stereocenters. The minimum atomic E-state index is -0.236. The van der Waals surface area contributed by atoms with E-state index >= 15 is 0 Å². The number of fused-ring (bicyclic) bond motifs is 3. The second-order valence-electron chi connectivity index (χ2n) is 7.70. The average molecular weight is 386 g/mol. The molecule has 0 saturated carbocycles. The normalized spacial score (nSPS) is 18.0. The summed E-state index contributed by atoms with van der Waals surface area (Å²) in [5, 5.41) is 0.783. The van der Waals surface area contributed by atoms with Crippen molar-refractivity contribution >= 4 is 21.6 Å². The number of aryl methyl sites for hydroxylation is 1. The van der Waals surface area contributed by atoms with Crippen molar-refractivity contribution in [2.45, 2.75) is 45.7 Å². The van der Waals surface area contributed by atoms with Crippen LogP contribution in [0.2, 0.25) is 0 Å². The van der Waals surface area contributed by atoms with Gasteiger partial charge in [-0.1, -0.05) is 19.1 Å². The number of rotatable bonds is 4. The molecule has 1 aliphatic rings. The van der Waals surface area contributed by atoms with Crippen LogP contribution in [0.25, 0.3) is 10.2 Å². The largest absolute Gasteiger partial charge is 0.309 e. The molecule has 6 heteroatoms. The molecule has 27 heavy (non-hydrogen) atoms. The molecule has 142 valence electrons. The minimum absolute atomic E-state index is 0.0342. The number of halogens is 1. The van der Waals surface area contributed by atoms with E-state index in [0.717, 1.165) is 35.0 Å². The molecule has 3 aromatic rings. The molecule has 0 fully saturated rings. The zero-order valence-electron chi connectivity index (χ0n) is 15.9. The van der Waals surface area contributed by atoms with Gasteiger partial charge in [0.1, 0.15) is 16.5 Å². The van der Waals surface area contributed by atoms with Gasteiger partial charge in [-0.05, 0) is 62.4 Å². The van der Waals surface area contributed by atoms with Crippen LogP contribution >= 0.6 is 11.3 Å². The molecule has 4 rings (SSSR count). The number of aromatic nitrogens is 2. The summed E-state index contributed by atoms with van der Waals surface area (Å²) in [7, 11) is 1.96. The number of aromatic amines is 1. The summed E-state index contributed by atoms with van der Waals surface area (Å²) in [5.41, 5.74) is 2.07. The average Bonchev–Trinajstić information content (AvgIpc) is 2.98. The molecular weight excluding hydrogens is 361 g/mol. The standard InChI is InChI=1S/C21H24FN3OS/c1-12-7-8-16-17(9-12)27-21-18(16)20(26)23-19(24-21)13(2)25(3)11-14-5-4-6-15(22)10-14/h4-6,10,12-13H,7-9,11H2,1-3H3,(H,23,24,26)/t12-,13-/m1/s1. The Morgan fingerprint density at radius 1 is 1.44 bits per heavy atom. The zero-order valence-corrected chi connectivity index (χ0v) is 16.7. The van der Waals surface area contributed by atoms with Crippen molar-refractivity contribution in [1.29, 1.82) is 0 Å². The lowest BCUT2D eigenvalue weighted by atomic mass is 9.89. The Kier molecular flexibility index (Phi) is 4.86. The lowest BCUT2D eigenvalue weighted by Crippen LogP contribution is -2.26. The van der Waals surface area contributed by atoms with Crippen molar-refractivity contribution in [1.82, 2.24) is 14.9 Å². The van der Waals surface area contributed by atoms with Crippen molar-refractivity contribution in [3.05, 3.63) is 62.3 Å². The van der Waals surface area contributed by atoms with Gasteiger partial charge in [0.15, 0.2) is 0 Å². The van der Waals surface area contributed by atoms with E-state index in [9.17, 15) is 9.18 Å². The fourth-order valence-corrected chi connectivity index (χ4v) is 5.22. The Bertz CT molecular complexity index is 1040. The van der Waals surface area contributed by atoms with E-state index in [1.807, 2.05) is 20.0 Å². The molecule has 0 bridgehead atoms. The first kappa shape index (κ1) is 18.3. The first-order valence-corrected chi connectivity index (χ1v) is 10.2. The van der Waals surface area contributed by atoms with Crippen LogP contribution in [0.1, 0.15) is 48.1 Å². The van der Waals surface area contributed by atoms with Crippen LogP contribution in [0, 0.1) is 11.7 Å². The Labute approximate surface area is 162 Å². The predicted molar refractivity (Wildman–Crippen MR) is 108 cm³/mol. The van der Waals surface area contributed by atoms with Gasteiger partial charge in [0, 0.05) is 11.4 Å². The summed E-state index contributed by atoms with van der Waals surface area (Å²) in [5.74, 6) is 1.10. The maximum atomic E-state index is 13.4. The molecule has 1 aliphatic carbocycles. The summed E-state index contributed by atoms with van der Waals surface area (Å²) in [6, 6.07) is 6.52. The van der Waals surface area contributed by atoms with Crippen molar-refractivity contribution in [3.63, 3.8) is 0 Å². The Hall–Kier alpha value is -2.05. The third-order valence-corrected chi connectivity index (χ3v) is 6.71. The lowest BCUT2D eigenvalue weighted by molar-refractivity contribution is 0.243. The quantitative estimate of drug-likeness (QED) is 0.722. The Balaban J connectivity index is 1.64. The van der Waals surface area contributed by atoms with Crippen LogP contribution in [-0.4, -0.2) is 21.9 Å². The molecule has 0 amide bonds. The molecule has 1 aromatic carbocycles. The maximum absolute atomic E-state index is 13.4. The van der Waals surface area contributed by atoms with E-state index in [2.05, 4.69) is 16.8 Å². The highest BCUT2D eigenvalue weighted by molar-refractivity contribution is 7.18. The van der Waals surface area contributed by atoms with Crippen LogP contribution in [0.15, 0.2) is 29.1 Å². The molecule has 4 nitrogen and oxygen atoms in total. The van der Waals surface area contributed by atoms with Crippen LogP contribution < -0.4 is 5.56 Å². The summed E-state index contributed by atoms with van der Waals surface area (Å²) < 4.78 is 13.4. The van der Waals surface area contributed by atoms with E-state index < -0.39 is 0 Å². The molecule has 0 radical (unpaired) electrons. The highest BCUT2D eigenvalue weighted by Gasteiger charge is 2.24. The smallest absolute Gasteiger partial charge is 0.259 e. The number of nitrogens with one attached hydrogen (secondary N) is 1. The van der Waals surface area contributed by atoms with Gasteiger partial charge in [0.2, 0.25) is 0 Å². The van der Waals surface area contributed by atoms with Gasteiger partial charge in [-0.25, -0.2) is 9.37 Å². The zero-order chi connectivity index (χ0) is 19.1. The van der Waals surface area contributed by atoms with Crippen molar-refractivity contribution in [2.75, 3.05) is 7.05 Å². The minimum Gasteiger partial charge on any atom is -0.309 e. The van der Waals surface area contributed by atoms with Gasteiger partial charge in [0.25, 0.3) is 5.56 Å². The summed E-state index contributed by atoms with van der Waals surface area (Å²) in [4.78, 5) is 24.8. The number of benzene rings is 1. The summed E-state index contributed by atoms with van der Waals surface area (Å²) in [6.07, 6.45) is 3.14. The number of hydrogen-bond donors (Lipinski definition) is 1. The van der Waals surface area contributed by atoms with Crippen LogP contribution in [0.5, 0.6) is 0 Å². The van der Waals surface area contributed by atoms with Crippen molar-refractivity contribution in [2.24, 2.45) is 5.92 Å². The van der Waals surface area contributed by atoms with E-state index in [0.29, 0.717) is 18.3 Å². The highest BCUT2D eigenvalue weighted by Crippen LogP contribution is 2.36. The molecule has 0 saturated heterocycles. The lowest BCUT2D eigenvalue weighted by Gasteiger charge is -2.24. The van der Waals surface area contributed by atoms with Crippen LogP contribution in [-0.2, 0) is 19.4 Å². The van der Waals surface area contributed by atoms with Crippen LogP contribution in [0.3, 0.4) is 0 Å². The molecule has 0 spiro atoms. The van der Waals surface area contributed by atoms with E-state index in [1.54, 1.807) is 17.4 Å². The Morgan fingerprint density at radius 2 is 2.26 bits per heavy atom. The maximum Gasteiger partial charge on any atom is 0.259 e. The third kappa shape index (κ3) is 3.56. The number of hydrogen-bond acceptors (Lipinski definition) is 4. The van der Waals surface area contributed by atoms with Gasteiger partial charge < -0.3 is 4.98 Å². The molecule has 2 heterocycles. The molecule has 0 aliphatic heterocycles. The fraction of sp³-hybridized carbons (Fsp3) is 0.429. The first-order valence-electron chi connectivity index (χ1n) is 9.41. The van der Waals surface area contributed by atoms with Crippen molar-refractivity contribution < 1.29 is 4.39 Å². The Morgan fingerprint density at radius 3 is 3.04 bits per heavy atom. The van der Waals surface area contributed by atoms with Gasteiger partial charge in [-0.3, -0.25) is 9.69 Å².